The molecule has 2 N–H and O–H groups in total. The highest BCUT2D eigenvalue weighted by molar-refractivity contribution is 7.90. The van der Waals surface area contributed by atoms with Crippen molar-refractivity contribution in [2.45, 2.75) is 37.0 Å². The molecule has 0 amide bonds. The molecule has 4 heteroatoms. The molecule has 2 aromatic rings. The van der Waals surface area contributed by atoms with Crippen molar-refractivity contribution in [3.63, 3.8) is 0 Å². The third kappa shape index (κ3) is 3.93. The first-order valence-corrected chi connectivity index (χ1v) is 8.68. The number of hydrogen-bond donors (Lipinski definition) is 1. The van der Waals surface area contributed by atoms with Gasteiger partial charge >= 0.3 is 0 Å². The molecule has 2 aromatic carbocycles. The summed E-state index contributed by atoms with van der Waals surface area (Å²) in [7, 11) is -3.31. The van der Waals surface area contributed by atoms with Gasteiger partial charge in [0, 0.05) is 6.54 Å². The van der Waals surface area contributed by atoms with E-state index in [1.165, 1.54) is 0 Å². The predicted octanol–water partition coefficient (Wildman–Crippen LogP) is 3.24. The highest BCUT2D eigenvalue weighted by Gasteiger charge is 2.15. The van der Waals surface area contributed by atoms with Crippen LogP contribution in [0.25, 0.3) is 0 Å². The van der Waals surface area contributed by atoms with Gasteiger partial charge in [-0.1, -0.05) is 50.2 Å². The Bertz CT molecular complexity index is 687. The van der Waals surface area contributed by atoms with E-state index in [-0.39, 0.29) is 5.75 Å². The van der Waals surface area contributed by atoms with E-state index in [4.69, 9.17) is 5.73 Å². The molecule has 0 unspecified atom stereocenters. The van der Waals surface area contributed by atoms with Gasteiger partial charge in [-0.05, 0) is 34.7 Å². The van der Waals surface area contributed by atoms with Crippen molar-refractivity contribution in [1.82, 2.24) is 0 Å². The van der Waals surface area contributed by atoms with Crippen LogP contribution in [0, 0.1) is 0 Å². The number of nitrogens with two attached hydrogens (primary N) is 1. The summed E-state index contributed by atoms with van der Waals surface area (Å²) in [4.78, 5) is 0.370. The van der Waals surface area contributed by atoms with E-state index in [1.807, 2.05) is 36.4 Å². The topological polar surface area (TPSA) is 60.2 Å². The van der Waals surface area contributed by atoms with E-state index in [0.29, 0.717) is 17.4 Å². The molecule has 0 saturated heterocycles. The van der Waals surface area contributed by atoms with Crippen LogP contribution in [0.3, 0.4) is 0 Å². The van der Waals surface area contributed by atoms with E-state index in [0.717, 1.165) is 16.7 Å². The Hall–Kier alpha value is -1.65. The van der Waals surface area contributed by atoms with E-state index >= 15 is 0 Å². The number of benzene rings is 2. The lowest BCUT2D eigenvalue weighted by atomic mass is 10.0. The fourth-order valence-electron chi connectivity index (χ4n) is 2.13. The van der Waals surface area contributed by atoms with Gasteiger partial charge in [-0.2, -0.15) is 0 Å². The molecular formula is C17H21NO2S. The van der Waals surface area contributed by atoms with Crippen molar-refractivity contribution < 1.29 is 8.42 Å². The SMILES string of the molecule is CC(C)c1ccc(S(=O)(=O)Cc2ccc(CN)cc2)cc1. The monoisotopic (exact) mass is 303 g/mol. The van der Waals surface area contributed by atoms with Gasteiger partial charge in [0.15, 0.2) is 9.84 Å². The Balaban J connectivity index is 2.20. The van der Waals surface area contributed by atoms with Crippen LogP contribution in [0.15, 0.2) is 53.4 Å². The third-order valence-electron chi connectivity index (χ3n) is 3.52. The maximum Gasteiger partial charge on any atom is 0.182 e. The fourth-order valence-corrected chi connectivity index (χ4v) is 3.48. The average molecular weight is 303 g/mol. The van der Waals surface area contributed by atoms with Gasteiger partial charge in [-0.25, -0.2) is 8.42 Å². The minimum Gasteiger partial charge on any atom is -0.326 e. The van der Waals surface area contributed by atoms with E-state index in [2.05, 4.69) is 13.8 Å². The molecule has 2 rings (SSSR count). The van der Waals surface area contributed by atoms with Gasteiger partial charge in [-0.3, -0.25) is 0 Å². The maximum absolute atomic E-state index is 12.4. The summed E-state index contributed by atoms with van der Waals surface area (Å²) in [5.74, 6) is 0.407. The average Bonchev–Trinajstić information content (AvgIpc) is 2.48. The largest absolute Gasteiger partial charge is 0.326 e. The second kappa shape index (κ2) is 6.41. The highest BCUT2D eigenvalue weighted by Crippen LogP contribution is 2.20. The minimum absolute atomic E-state index is 0.0128. The van der Waals surface area contributed by atoms with E-state index in [9.17, 15) is 8.42 Å². The Kier molecular flexibility index (Phi) is 4.80. The fraction of sp³-hybridized carbons (Fsp3) is 0.294. The summed E-state index contributed by atoms with van der Waals surface area (Å²) in [6, 6.07) is 14.5. The molecule has 0 fully saturated rings. The number of rotatable bonds is 5. The smallest absolute Gasteiger partial charge is 0.182 e. The summed E-state index contributed by atoms with van der Waals surface area (Å²) in [6.07, 6.45) is 0. The molecule has 0 spiro atoms. The third-order valence-corrected chi connectivity index (χ3v) is 5.23. The molecule has 0 bridgehead atoms. The molecule has 0 saturated carbocycles. The first-order chi connectivity index (χ1) is 9.92. The lowest BCUT2D eigenvalue weighted by molar-refractivity contribution is 0.595. The van der Waals surface area contributed by atoms with Crippen LogP contribution in [-0.2, 0) is 22.1 Å². The molecular weight excluding hydrogens is 282 g/mol. The van der Waals surface area contributed by atoms with Crippen LogP contribution in [0.1, 0.15) is 36.5 Å². The molecule has 0 aliphatic heterocycles. The molecule has 0 aliphatic carbocycles. The maximum atomic E-state index is 12.4. The quantitative estimate of drug-likeness (QED) is 0.922. The molecule has 21 heavy (non-hydrogen) atoms. The van der Waals surface area contributed by atoms with Crippen molar-refractivity contribution >= 4 is 9.84 Å². The van der Waals surface area contributed by atoms with E-state index in [1.54, 1.807) is 12.1 Å². The molecule has 3 nitrogen and oxygen atoms in total. The first-order valence-electron chi connectivity index (χ1n) is 7.03. The summed E-state index contributed by atoms with van der Waals surface area (Å²) < 4.78 is 24.8. The number of hydrogen-bond acceptors (Lipinski definition) is 3. The summed E-state index contributed by atoms with van der Waals surface area (Å²) in [5.41, 5.74) is 8.45. The second-order valence-electron chi connectivity index (χ2n) is 5.50. The van der Waals surface area contributed by atoms with E-state index < -0.39 is 9.84 Å². The lowest BCUT2D eigenvalue weighted by Gasteiger charge is -2.08. The zero-order valence-electron chi connectivity index (χ0n) is 12.4. The number of sulfone groups is 1. The summed E-state index contributed by atoms with van der Waals surface area (Å²) in [5, 5.41) is 0. The predicted molar refractivity (Wildman–Crippen MR) is 85.8 cm³/mol. The van der Waals surface area contributed by atoms with Crippen molar-refractivity contribution in [3.8, 4) is 0 Å². The van der Waals surface area contributed by atoms with Crippen LogP contribution in [0.2, 0.25) is 0 Å². The Morgan fingerprint density at radius 3 is 1.90 bits per heavy atom. The zero-order chi connectivity index (χ0) is 15.5. The molecule has 0 aliphatic rings. The normalized spacial score (nSPS) is 11.8. The van der Waals surface area contributed by atoms with Gasteiger partial charge in [0.25, 0.3) is 0 Å². The van der Waals surface area contributed by atoms with Crippen LogP contribution in [-0.4, -0.2) is 8.42 Å². The molecule has 0 radical (unpaired) electrons. The summed E-state index contributed by atoms with van der Waals surface area (Å²) in [6.45, 7) is 4.63. The molecule has 0 atom stereocenters. The van der Waals surface area contributed by atoms with Gasteiger partial charge in [-0.15, -0.1) is 0 Å². The van der Waals surface area contributed by atoms with Crippen molar-refractivity contribution in [2.75, 3.05) is 0 Å². The van der Waals surface area contributed by atoms with Gasteiger partial charge in [0.05, 0.1) is 10.6 Å². The summed E-state index contributed by atoms with van der Waals surface area (Å²) >= 11 is 0. The molecule has 112 valence electrons. The van der Waals surface area contributed by atoms with Gasteiger partial charge in [0.1, 0.15) is 0 Å². The molecule has 0 aromatic heterocycles. The van der Waals surface area contributed by atoms with Crippen LogP contribution in [0.5, 0.6) is 0 Å². The van der Waals surface area contributed by atoms with Crippen LogP contribution < -0.4 is 5.73 Å². The van der Waals surface area contributed by atoms with Crippen molar-refractivity contribution in [2.24, 2.45) is 5.73 Å². The zero-order valence-corrected chi connectivity index (χ0v) is 13.2. The highest BCUT2D eigenvalue weighted by atomic mass is 32.2. The Morgan fingerprint density at radius 2 is 1.43 bits per heavy atom. The minimum atomic E-state index is -3.31. The first kappa shape index (κ1) is 15.7. The standard InChI is InChI=1S/C17H21NO2S/c1-13(2)16-7-9-17(10-8-16)21(19,20)12-15-5-3-14(11-18)4-6-15/h3-10,13H,11-12,18H2,1-2H3. The van der Waals surface area contributed by atoms with Crippen molar-refractivity contribution in [3.05, 3.63) is 65.2 Å². The van der Waals surface area contributed by atoms with Crippen LogP contribution in [0.4, 0.5) is 0 Å². The molecule has 0 heterocycles. The van der Waals surface area contributed by atoms with Gasteiger partial charge in [0.2, 0.25) is 0 Å². The van der Waals surface area contributed by atoms with Crippen LogP contribution >= 0.6 is 0 Å². The Morgan fingerprint density at radius 1 is 0.905 bits per heavy atom. The Labute approximate surface area is 126 Å². The lowest BCUT2D eigenvalue weighted by Crippen LogP contribution is -2.05. The van der Waals surface area contributed by atoms with Crippen molar-refractivity contribution in [1.29, 1.82) is 0 Å². The van der Waals surface area contributed by atoms with Gasteiger partial charge < -0.3 is 5.73 Å². The second-order valence-corrected chi connectivity index (χ2v) is 7.49.